The normalized spacial score (nSPS) is 17.0. The summed E-state index contributed by atoms with van der Waals surface area (Å²) in [5, 5.41) is 12.0. The number of anilines is 1. The molecule has 1 atom stereocenters. The van der Waals surface area contributed by atoms with Crippen LogP contribution in [0.4, 0.5) is 18.9 Å². The van der Waals surface area contributed by atoms with Gasteiger partial charge in [-0.3, -0.25) is 9.69 Å². The van der Waals surface area contributed by atoms with Crippen LogP contribution in [-0.4, -0.2) is 11.0 Å². The maximum absolute atomic E-state index is 13.1. The van der Waals surface area contributed by atoms with Gasteiger partial charge in [0.15, 0.2) is 5.11 Å². The quantitative estimate of drug-likeness (QED) is 0.745. The molecule has 1 unspecified atom stereocenters. The van der Waals surface area contributed by atoms with Gasteiger partial charge in [0.2, 0.25) is 5.91 Å². The number of primary amides is 1. The third-order valence-corrected chi connectivity index (χ3v) is 4.86. The molecular weight excluding hydrogens is 401 g/mol. The van der Waals surface area contributed by atoms with E-state index in [2.05, 4.69) is 5.32 Å². The van der Waals surface area contributed by atoms with E-state index in [-0.39, 0.29) is 16.4 Å². The van der Waals surface area contributed by atoms with Gasteiger partial charge in [-0.1, -0.05) is 18.2 Å². The zero-order valence-corrected chi connectivity index (χ0v) is 15.9. The van der Waals surface area contributed by atoms with Crippen LogP contribution in [0.5, 0.6) is 0 Å². The smallest absolute Gasteiger partial charge is 0.366 e. The minimum atomic E-state index is -4.52. The van der Waals surface area contributed by atoms with Crippen LogP contribution in [0, 0.1) is 11.3 Å². The number of nitriles is 1. The predicted octanol–water partition coefficient (Wildman–Crippen LogP) is 3.77. The predicted molar refractivity (Wildman–Crippen MR) is 105 cm³/mol. The van der Waals surface area contributed by atoms with E-state index >= 15 is 0 Å². The molecule has 3 N–H and O–H groups in total. The molecule has 3 rings (SSSR count). The molecule has 0 bridgehead atoms. The van der Waals surface area contributed by atoms with Gasteiger partial charge >= 0.3 is 6.18 Å². The fourth-order valence-corrected chi connectivity index (χ4v) is 3.55. The number of halogens is 3. The molecule has 9 heteroatoms. The summed E-state index contributed by atoms with van der Waals surface area (Å²) in [6.45, 7) is 1.57. The lowest BCUT2D eigenvalue weighted by Crippen LogP contribution is -2.48. The summed E-state index contributed by atoms with van der Waals surface area (Å²) in [5.74, 6) is -0.733. The Labute approximate surface area is 170 Å². The third kappa shape index (κ3) is 3.93. The fraction of sp³-hybridized carbons (Fsp3) is 0.150. The van der Waals surface area contributed by atoms with Crippen LogP contribution < -0.4 is 16.0 Å². The van der Waals surface area contributed by atoms with Crippen molar-refractivity contribution in [2.75, 3.05) is 4.90 Å². The standard InChI is InChI=1S/C20H15F3N4OS/c1-11-16(18(25)28)17(13-7-5-12(10-24)6-8-13)26-19(29)27(11)15-4-2-3-14(9-15)20(21,22)23/h2-9,17H,1H3,(H2,25,28)(H,26,29). The Bertz CT molecular complexity index is 1050. The second-order valence-electron chi connectivity index (χ2n) is 6.36. The number of allylic oxidation sites excluding steroid dienone is 1. The first-order valence-electron chi connectivity index (χ1n) is 8.42. The number of hydrogen-bond donors (Lipinski definition) is 2. The molecule has 2 aromatic rings. The maximum atomic E-state index is 13.1. The van der Waals surface area contributed by atoms with E-state index in [0.717, 1.165) is 12.1 Å². The summed E-state index contributed by atoms with van der Waals surface area (Å²) in [5.41, 5.74) is 6.49. The summed E-state index contributed by atoms with van der Waals surface area (Å²) >= 11 is 5.38. The van der Waals surface area contributed by atoms with Gasteiger partial charge in [-0.25, -0.2) is 0 Å². The number of nitrogens with one attached hydrogen (secondary N) is 1. The average Bonchev–Trinajstić information content (AvgIpc) is 2.67. The number of rotatable bonds is 3. The van der Waals surface area contributed by atoms with Crippen molar-refractivity contribution < 1.29 is 18.0 Å². The largest absolute Gasteiger partial charge is 0.416 e. The highest BCUT2D eigenvalue weighted by molar-refractivity contribution is 7.80. The van der Waals surface area contributed by atoms with Gasteiger partial charge in [-0.15, -0.1) is 0 Å². The first-order valence-corrected chi connectivity index (χ1v) is 8.83. The van der Waals surface area contributed by atoms with E-state index in [0.29, 0.717) is 16.8 Å². The molecule has 0 saturated heterocycles. The minimum absolute atomic E-state index is 0.126. The van der Waals surface area contributed by atoms with Crippen LogP contribution in [0.25, 0.3) is 0 Å². The lowest BCUT2D eigenvalue weighted by atomic mass is 9.93. The van der Waals surface area contributed by atoms with E-state index < -0.39 is 23.7 Å². The summed E-state index contributed by atoms with van der Waals surface area (Å²) < 4.78 is 39.3. The zero-order valence-electron chi connectivity index (χ0n) is 15.1. The van der Waals surface area contributed by atoms with Crippen molar-refractivity contribution in [3.8, 4) is 6.07 Å². The van der Waals surface area contributed by atoms with Gasteiger partial charge in [-0.2, -0.15) is 18.4 Å². The van der Waals surface area contributed by atoms with Gasteiger partial charge in [-0.05, 0) is 55.0 Å². The van der Waals surface area contributed by atoms with E-state index in [1.54, 1.807) is 31.2 Å². The number of benzene rings is 2. The number of thiocarbonyl (C=S) groups is 1. The molecule has 0 fully saturated rings. The van der Waals surface area contributed by atoms with Gasteiger partial charge in [0, 0.05) is 11.4 Å². The van der Waals surface area contributed by atoms with Crippen LogP contribution in [0.1, 0.15) is 29.7 Å². The number of alkyl halides is 3. The molecule has 1 aliphatic heterocycles. The van der Waals surface area contributed by atoms with Crippen molar-refractivity contribution in [2.45, 2.75) is 19.1 Å². The van der Waals surface area contributed by atoms with Crippen molar-refractivity contribution in [3.05, 3.63) is 76.5 Å². The summed E-state index contributed by atoms with van der Waals surface area (Å²) in [7, 11) is 0. The van der Waals surface area contributed by atoms with Crippen molar-refractivity contribution in [2.24, 2.45) is 5.73 Å². The first kappa shape index (κ1) is 20.4. The van der Waals surface area contributed by atoms with Gasteiger partial charge in [0.1, 0.15) is 0 Å². The summed E-state index contributed by atoms with van der Waals surface area (Å²) in [6, 6.07) is 12.5. The Kier molecular flexibility index (Phi) is 5.31. The number of nitrogens with zero attached hydrogens (tertiary/aromatic N) is 2. The highest BCUT2D eigenvalue weighted by Gasteiger charge is 2.35. The number of carbonyl (C=O) groups excluding carboxylic acids is 1. The highest BCUT2D eigenvalue weighted by Crippen LogP contribution is 2.36. The molecule has 0 aromatic heterocycles. The van der Waals surface area contributed by atoms with E-state index in [1.807, 2.05) is 6.07 Å². The molecule has 1 aliphatic rings. The Balaban J connectivity index is 2.10. The molecule has 0 spiro atoms. The topological polar surface area (TPSA) is 82.1 Å². The molecule has 0 radical (unpaired) electrons. The molecule has 0 aliphatic carbocycles. The molecule has 1 amide bonds. The summed E-state index contributed by atoms with van der Waals surface area (Å²) in [4.78, 5) is 13.6. The average molecular weight is 416 g/mol. The van der Waals surface area contributed by atoms with Crippen molar-refractivity contribution >= 4 is 28.9 Å². The molecular formula is C20H15F3N4OS. The second kappa shape index (κ2) is 7.56. The number of carbonyl (C=O) groups is 1. The van der Waals surface area contributed by atoms with Gasteiger partial charge in [0.05, 0.1) is 28.8 Å². The lowest BCUT2D eigenvalue weighted by molar-refractivity contribution is -0.137. The molecule has 148 valence electrons. The monoisotopic (exact) mass is 416 g/mol. The minimum Gasteiger partial charge on any atom is -0.366 e. The van der Waals surface area contributed by atoms with E-state index in [1.165, 1.54) is 17.0 Å². The highest BCUT2D eigenvalue weighted by atomic mass is 32.1. The summed E-state index contributed by atoms with van der Waals surface area (Å²) in [6.07, 6.45) is -4.52. The van der Waals surface area contributed by atoms with Crippen molar-refractivity contribution in [1.82, 2.24) is 5.32 Å². The molecule has 2 aromatic carbocycles. The Morgan fingerprint density at radius 3 is 2.45 bits per heavy atom. The Morgan fingerprint density at radius 1 is 1.24 bits per heavy atom. The SMILES string of the molecule is CC1=C(C(N)=O)C(c2ccc(C#N)cc2)NC(=S)N1c1cccc(C(F)(F)F)c1. The lowest BCUT2D eigenvalue weighted by Gasteiger charge is -2.37. The molecule has 29 heavy (non-hydrogen) atoms. The Morgan fingerprint density at radius 2 is 1.90 bits per heavy atom. The number of amides is 1. The molecule has 5 nitrogen and oxygen atoms in total. The van der Waals surface area contributed by atoms with Crippen LogP contribution in [-0.2, 0) is 11.0 Å². The van der Waals surface area contributed by atoms with Gasteiger partial charge in [0.25, 0.3) is 0 Å². The van der Waals surface area contributed by atoms with Gasteiger partial charge < -0.3 is 11.1 Å². The fourth-order valence-electron chi connectivity index (χ4n) is 3.19. The number of hydrogen-bond acceptors (Lipinski definition) is 3. The van der Waals surface area contributed by atoms with Crippen LogP contribution in [0.15, 0.2) is 59.8 Å². The van der Waals surface area contributed by atoms with Crippen LogP contribution in [0.3, 0.4) is 0 Å². The van der Waals surface area contributed by atoms with Crippen LogP contribution >= 0.6 is 12.2 Å². The maximum Gasteiger partial charge on any atom is 0.416 e. The van der Waals surface area contributed by atoms with E-state index in [4.69, 9.17) is 23.2 Å². The first-order chi connectivity index (χ1) is 13.6. The van der Waals surface area contributed by atoms with Crippen molar-refractivity contribution in [3.63, 3.8) is 0 Å². The number of nitrogens with two attached hydrogens (primary N) is 1. The zero-order chi connectivity index (χ0) is 21.3. The second-order valence-corrected chi connectivity index (χ2v) is 6.75. The Hall–Kier alpha value is -3.38. The molecule has 1 heterocycles. The molecule has 0 saturated carbocycles. The van der Waals surface area contributed by atoms with E-state index in [9.17, 15) is 18.0 Å². The third-order valence-electron chi connectivity index (χ3n) is 4.56. The van der Waals surface area contributed by atoms with Crippen LogP contribution in [0.2, 0.25) is 0 Å². The van der Waals surface area contributed by atoms with Crippen molar-refractivity contribution in [1.29, 1.82) is 5.26 Å².